The highest BCUT2D eigenvalue weighted by molar-refractivity contribution is 5.34. The van der Waals surface area contributed by atoms with Crippen molar-refractivity contribution in [2.45, 2.75) is 19.8 Å². The van der Waals surface area contributed by atoms with E-state index < -0.39 is 0 Å². The van der Waals surface area contributed by atoms with Crippen LogP contribution in [-0.4, -0.2) is 6.54 Å². The summed E-state index contributed by atoms with van der Waals surface area (Å²) in [6, 6.07) is 0. The van der Waals surface area contributed by atoms with E-state index in [9.17, 15) is 0 Å². The maximum absolute atomic E-state index is 3.38. The molecular weight excluding hydrogens is 122 g/mol. The minimum Gasteiger partial charge on any atom is -0.387 e. The molecule has 0 radical (unpaired) electrons. The maximum atomic E-state index is 3.38. The average Bonchev–Trinajstić information content (AvgIpc) is 1.91. The monoisotopic (exact) mass is 135 g/mol. The molecule has 0 aromatic carbocycles. The van der Waals surface area contributed by atoms with Crippen LogP contribution in [0.4, 0.5) is 0 Å². The summed E-state index contributed by atoms with van der Waals surface area (Å²) in [6.07, 6.45) is 6.99. The Morgan fingerprint density at radius 3 is 3.10 bits per heavy atom. The van der Waals surface area contributed by atoms with Crippen molar-refractivity contribution in [3.63, 3.8) is 0 Å². The molecule has 2 rings (SSSR count). The molecule has 0 bridgehead atoms. The first kappa shape index (κ1) is 6.02. The Morgan fingerprint density at radius 1 is 1.70 bits per heavy atom. The molecule has 0 aromatic heterocycles. The van der Waals surface area contributed by atoms with Crippen molar-refractivity contribution in [1.82, 2.24) is 5.32 Å². The van der Waals surface area contributed by atoms with Crippen LogP contribution in [0.1, 0.15) is 19.8 Å². The van der Waals surface area contributed by atoms with Gasteiger partial charge in [0.25, 0.3) is 0 Å². The minimum atomic E-state index is 0.847. The third-order valence-electron chi connectivity index (χ3n) is 2.41. The Balaban J connectivity index is 2.26. The fraction of sp³-hybridized carbons (Fsp3) is 0.556. The Bertz CT molecular complexity index is 201. The molecule has 1 atom stereocenters. The molecule has 1 aliphatic carbocycles. The first-order valence-electron chi connectivity index (χ1n) is 4.05. The molecular formula is C9H13N. The molecule has 0 amide bonds. The van der Waals surface area contributed by atoms with Crippen molar-refractivity contribution >= 4 is 0 Å². The van der Waals surface area contributed by atoms with Gasteiger partial charge in [0.2, 0.25) is 0 Å². The largest absolute Gasteiger partial charge is 0.387 e. The van der Waals surface area contributed by atoms with Gasteiger partial charge in [-0.1, -0.05) is 19.1 Å². The summed E-state index contributed by atoms with van der Waals surface area (Å²) in [5, 5.41) is 3.38. The number of fused-ring (bicyclic) bond motifs is 1. The van der Waals surface area contributed by atoms with E-state index in [1.54, 1.807) is 0 Å². The number of hydrogen-bond donors (Lipinski definition) is 1. The maximum Gasteiger partial charge on any atom is 0.0230 e. The van der Waals surface area contributed by atoms with Gasteiger partial charge in [0.05, 0.1) is 0 Å². The van der Waals surface area contributed by atoms with Crippen molar-refractivity contribution in [2.24, 2.45) is 5.92 Å². The summed E-state index contributed by atoms with van der Waals surface area (Å²) in [4.78, 5) is 0. The van der Waals surface area contributed by atoms with Crippen LogP contribution in [0.5, 0.6) is 0 Å². The van der Waals surface area contributed by atoms with E-state index in [1.165, 1.54) is 30.7 Å². The summed E-state index contributed by atoms with van der Waals surface area (Å²) < 4.78 is 0. The van der Waals surface area contributed by atoms with Gasteiger partial charge in [0.15, 0.2) is 0 Å². The van der Waals surface area contributed by atoms with Crippen LogP contribution < -0.4 is 5.32 Å². The summed E-state index contributed by atoms with van der Waals surface area (Å²) in [6.45, 7) is 3.41. The van der Waals surface area contributed by atoms with Gasteiger partial charge in [0, 0.05) is 18.2 Å². The normalized spacial score (nSPS) is 29.1. The fourth-order valence-corrected chi connectivity index (χ4v) is 1.70. The molecule has 1 fully saturated rings. The van der Waals surface area contributed by atoms with E-state index in [1.807, 2.05) is 0 Å². The summed E-state index contributed by atoms with van der Waals surface area (Å²) in [7, 11) is 0. The summed E-state index contributed by atoms with van der Waals surface area (Å²) in [5.74, 6) is 0.847. The number of nitrogens with one attached hydrogen (secondary N) is 1. The molecule has 0 saturated carbocycles. The second kappa shape index (κ2) is 2.15. The third kappa shape index (κ3) is 0.698. The highest BCUT2D eigenvalue weighted by Gasteiger charge is 2.26. The molecule has 2 aliphatic rings. The van der Waals surface area contributed by atoms with Crippen LogP contribution in [0, 0.1) is 5.92 Å². The van der Waals surface area contributed by atoms with Crippen molar-refractivity contribution in [2.75, 3.05) is 6.54 Å². The van der Waals surface area contributed by atoms with Crippen LogP contribution in [0.2, 0.25) is 0 Å². The summed E-state index contributed by atoms with van der Waals surface area (Å²) in [5.41, 5.74) is 3.03. The Labute approximate surface area is 61.8 Å². The lowest BCUT2D eigenvalue weighted by Gasteiger charge is -2.35. The number of hydrogen-bond acceptors (Lipinski definition) is 1. The van der Waals surface area contributed by atoms with Gasteiger partial charge < -0.3 is 5.32 Å². The zero-order valence-electron chi connectivity index (χ0n) is 6.35. The second-order valence-electron chi connectivity index (χ2n) is 3.01. The number of allylic oxidation sites excluding steroid dienone is 3. The molecule has 1 unspecified atom stereocenters. The second-order valence-corrected chi connectivity index (χ2v) is 3.01. The van der Waals surface area contributed by atoms with E-state index in [0.717, 1.165) is 5.92 Å². The highest BCUT2D eigenvalue weighted by Crippen LogP contribution is 2.30. The van der Waals surface area contributed by atoms with Crippen molar-refractivity contribution in [3.05, 3.63) is 23.4 Å². The molecule has 1 saturated heterocycles. The Kier molecular flexibility index (Phi) is 1.30. The SMILES string of the molecule is CCC1=C2NCC2CC=C1. The van der Waals surface area contributed by atoms with Gasteiger partial charge in [-0.05, 0) is 18.4 Å². The molecule has 0 spiro atoms. The first-order chi connectivity index (χ1) is 4.92. The highest BCUT2D eigenvalue weighted by atomic mass is 15.0. The predicted octanol–water partition coefficient (Wildman–Crippen LogP) is 1.83. The molecule has 0 aromatic rings. The van der Waals surface area contributed by atoms with Gasteiger partial charge in [-0.25, -0.2) is 0 Å². The molecule has 1 aliphatic heterocycles. The van der Waals surface area contributed by atoms with E-state index in [4.69, 9.17) is 0 Å². The molecule has 1 heteroatoms. The Hall–Kier alpha value is -0.720. The molecule has 1 heterocycles. The lowest BCUT2D eigenvalue weighted by Crippen LogP contribution is -2.41. The molecule has 54 valence electrons. The topological polar surface area (TPSA) is 12.0 Å². The minimum absolute atomic E-state index is 0.847. The quantitative estimate of drug-likeness (QED) is 0.578. The average molecular weight is 135 g/mol. The smallest absolute Gasteiger partial charge is 0.0230 e. The van der Waals surface area contributed by atoms with E-state index in [0.29, 0.717) is 0 Å². The van der Waals surface area contributed by atoms with Crippen LogP contribution in [-0.2, 0) is 0 Å². The Morgan fingerprint density at radius 2 is 2.60 bits per heavy atom. The van der Waals surface area contributed by atoms with Crippen LogP contribution >= 0.6 is 0 Å². The predicted molar refractivity (Wildman–Crippen MR) is 42.6 cm³/mol. The van der Waals surface area contributed by atoms with E-state index in [-0.39, 0.29) is 0 Å². The zero-order chi connectivity index (χ0) is 6.97. The third-order valence-corrected chi connectivity index (χ3v) is 2.41. The number of rotatable bonds is 1. The summed E-state index contributed by atoms with van der Waals surface area (Å²) >= 11 is 0. The fourth-order valence-electron chi connectivity index (χ4n) is 1.70. The van der Waals surface area contributed by atoms with Crippen LogP contribution in [0.25, 0.3) is 0 Å². The van der Waals surface area contributed by atoms with Crippen molar-refractivity contribution in [1.29, 1.82) is 0 Å². The molecule has 10 heavy (non-hydrogen) atoms. The first-order valence-corrected chi connectivity index (χ1v) is 4.05. The molecule has 1 nitrogen and oxygen atoms in total. The zero-order valence-corrected chi connectivity index (χ0v) is 6.35. The van der Waals surface area contributed by atoms with Gasteiger partial charge in [0.1, 0.15) is 0 Å². The van der Waals surface area contributed by atoms with Crippen LogP contribution in [0.15, 0.2) is 23.4 Å². The van der Waals surface area contributed by atoms with E-state index >= 15 is 0 Å². The lowest BCUT2D eigenvalue weighted by molar-refractivity contribution is 0.427. The van der Waals surface area contributed by atoms with Crippen molar-refractivity contribution < 1.29 is 0 Å². The van der Waals surface area contributed by atoms with Gasteiger partial charge in [-0.3, -0.25) is 0 Å². The van der Waals surface area contributed by atoms with E-state index in [2.05, 4.69) is 24.4 Å². The van der Waals surface area contributed by atoms with Gasteiger partial charge >= 0.3 is 0 Å². The van der Waals surface area contributed by atoms with Gasteiger partial charge in [-0.15, -0.1) is 0 Å². The standard InChI is InChI=1S/C9H13N/c1-2-7-4-3-5-8-6-10-9(7)8/h3-4,8,10H,2,5-6H2,1H3. The van der Waals surface area contributed by atoms with Crippen molar-refractivity contribution in [3.8, 4) is 0 Å². The van der Waals surface area contributed by atoms with Crippen LogP contribution in [0.3, 0.4) is 0 Å². The van der Waals surface area contributed by atoms with Gasteiger partial charge in [-0.2, -0.15) is 0 Å². The molecule has 1 N–H and O–H groups in total. The lowest BCUT2D eigenvalue weighted by atomic mass is 9.85.